The second kappa shape index (κ2) is 8.36. The smallest absolute Gasteiger partial charge is 0.255 e. The van der Waals surface area contributed by atoms with E-state index < -0.39 is 0 Å². The number of nitrogens with one attached hydrogen (secondary N) is 2. The van der Waals surface area contributed by atoms with Crippen LogP contribution in [0.2, 0.25) is 0 Å². The molecule has 1 atom stereocenters. The van der Waals surface area contributed by atoms with Crippen LogP contribution in [0.15, 0.2) is 72.9 Å². The van der Waals surface area contributed by atoms with Gasteiger partial charge in [0.25, 0.3) is 5.91 Å². The zero-order valence-electron chi connectivity index (χ0n) is 15.8. The Balaban J connectivity index is 1.68. The summed E-state index contributed by atoms with van der Waals surface area (Å²) in [6, 6.07) is 21.4. The summed E-state index contributed by atoms with van der Waals surface area (Å²) in [6.07, 6.45) is 1.64. The summed E-state index contributed by atoms with van der Waals surface area (Å²) < 4.78 is 0. The SMILES string of the molecule is CC(Nc1cc(C(=O)Nc2ccc(N(C)C)cc2)ccn1)c1ccccc1. The second-order valence-electron chi connectivity index (χ2n) is 6.60. The van der Waals surface area contributed by atoms with Crippen LogP contribution in [0.4, 0.5) is 17.2 Å². The molecule has 0 fully saturated rings. The van der Waals surface area contributed by atoms with E-state index in [0.717, 1.165) is 16.9 Å². The summed E-state index contributed by atoms with van der Waals surface area (Å²) in [6.45, 7) is 2.07. The fourth-order valence-corrected chi connectivity index (χ4v) is 2.74. The number of nitrogens with zero attached hydrogens (tertiary/aromatic N) is 2. The largest absolute Gasteiger partial charge is 0.378 e. The highest BCUT2D eigenvalue weighted by Gasteiger charge is 2.10. The van der Waals surface area contributed by atoms with E-state index in [0.29, 0.717) is 11.4 Å². The average molecular weight is 360 g/mol. The number of anilines is 3. The minimum absolute atomic E-state index is 0.0931. The van der Waals surface area contributed by atoms with Crippen LogP contribution in [0.25, 0.3) is 0 Å². The molecule has 0 bridgehead atoms. The summed E-state index contributed by atoms with van der Waals surface area (Å²) in [5.41, 5.74) is 3.56. The van der Waals surface area contributed by atoms with Gasteiger partial charge < -0.3 is 15.5 Å². The third kappa shape index (κ3) is 4.85. The molecule has 0 saturated heterocycles. The number of carbonyl (C=O) groups excluding carboxylic acids is 1. The predicted octanol–water partition coefficient (Wildman–Crippen LogP) is 4.57. The van der Waals surface area contributed by atoms with Crippen LogP contribution < -0.4 is 15.5 Å². The second-order valence-corrected chi connectivity index (χ2v) is 6.60. The number of hydrogen-bond donors (Lipinski definition) is 2. The molecule has 0 aliphatic carbocycles. The molecule has 0 aliphatic rings. The molecule has 5 heteroatoms. The summed E-state index contributed by atoms with van der Waals surface area (Å²) >= 11 is 0. The molecule has 1 heterocycles. The van der Waals surface area contributed by atoms with Gasteiger partial charge in [-0.15, -0.1) is 0 Å². The third-order valence-electron chi connectivity index (χ3n) is 4.33. The maximum Gasteiger partial charge on any atom is 0.255 e. The molecule has 2 aromatic carbocycles. The Kier molecular flexibility index (Phi) is 5.71. The van der Waals surface area contributed by atoms with Crippen molar-refractivity contribution in [2.24, 2.45) is 0 Å². The first-order chi connectivity index (χ1) is 13.0. The average Bonchev–Trinajstić information content (AvgIpc) is 2.69. The lowest BCUT2D eigenvalue weighted by molar-refractivity contribution is 0.102. The van der Waals surface area contributed by atoms with Gasteiger partial charge in [0.1, 0.15) is 5.82 Å². The lowest BCUT2D eigenvalue weighted by Crippen LogP contribution is -2.14. The standard InChI is InChI=1S/C22H24N4O/c1-16(17-7-5-4-6-8-17)24-21-15-18(13-14-23-21)22(27)25-19-9-11-20(12-10-19)26(2)3/h4-16H,1-3H3,(H,23,24)(H,25,27). The summed E-state index contributed by atoms with van der Waals surface area (Å²) in [5, 5.41) is 6.26. The maximum atomic E-state index is 12.6. The van der Waals surface area contributed by atoms with Gasteiger partial charge in [-0.05, 0) is 48.9 Å². The zero-order chi connectivity index (χ0) is 19.2. The third-order valence-corrected chi connectivity index (χ3v) is 4.33. The van der Waals surface area contributed by atoms with Crippen molar-refractivity contribution in [2.45, 2.75) is 13.0 Å². The number of benzene rings is 2. The van der Waals surface area contributed by atoms with Gasteiger partial charge in [0.05, 0.1) is 0 Å². The minimum atomic E-state index is -0.162. The van der Waals surface area contributed by atoms with Crippen LogP contribution in [-0.2, 0) is 0 Å². The highest BCUT2D eigenvalue weighted by atomic mass is 16.1. The first kappa shape index (κ1) is 18.5. The molecule has 27 heavy (non-hydrogen) atoms. The molecule has 0 spiro atoms. The zero-order valence-corrected chi connectivity index (χ0v) is 15.8. The molecule has 138 valence electrons. The van der Waals surface area contributed by atoms with Gasteiger partial charge in [0.2, 0.25) is 0 Å². The molecule has 1 aromatic heterocycles. The fourth-order valence-electron chi connectivity index (χ4n) is 2.74. The number of rotatable bonds is 6. The van der Waals surface area contributed by atoms with Gasteiger partial charge in [-0.25, -0.2) is 4.98 Å². The van der Waals surface area contributed by atoms with Crippen molar-refractivity contribution in [3.63, 3.8) is 0 Å². The van der Waals surface area contributed by atoms with Crippen LogP contribution in [0.1, 0.15) is 28.9 Å². The molecule has 5 nitrogen and oxygen atoms in total. The van der Waals surface area contributed by atoms with Crippen LogP contribution in [0.3, 0.4) is 0 Å². The van der Waals surface area contributed by atoms with Crippen molar-refractivity contribution in [3.8, 4) is 0 Å². The number of amides is 1. The normalized spacial score (nSPS) is 11.5. The Labute approximate surface area is 160 Å². The van der Waals surface area contributed by atoms with E-state index in [1.54, 1.807) is 18.3 Å². The summed E-state index contributed by atoms with van der Waals surface area (Å²) in [5.74, 6) is 0.507. The lowest BCUT2D eigenvalue weighted by Gasteiger charge is -2.15. The van der Waals surface area contributed by atoms with Gasteiger partial charge >= 0.3 is 0 Å². The monoisotopic (exact) mass is 360 g/mol. The molecule has 1 amide bonds. The maximum absolute atomic E-state index is 12.6. The number of pyridine rings is 1. The Morgan fingerprint density at radius 2 is 1.70 bits per heavy atom. The van der Waals surface area contributed by atoms with Crippen molar-refractivity contribution < 1.29 is 4.79 Å². The Morgan fingerprint density at radius 3 is 2.37 bits per heavy atom. The van der Waals surface area contributed by atoms with Crippen LogP contribution >= 0.6 is 0 Å². The van der Waals surface area contributed by atoms with E-state index in [9.17, 15) is 4.79 Å². The van der Waals surface area contributed by atoms with E-state index in [1.165, 1.54) is 0 Å². The molecule has 0 aliphatic heterocycles. The fraction of sp³-hybridized carbons (Fsp3) is 0.182. The Morgan fingerprint density at radius 1 is 1.00 bits per heavy atom. The molecule has 1 unspecified atom stereocenters. The molecule has 3 aromatic rings. The van der Waals surface area contributed by atoms with Gasteiger partial charge in [-0.1, -0.05) is 30.3 Å². The van der Waals surface area contributed by atoms with Crippen molar-refractivity contribution in [2.75, 3.05) is 29.6 Å². The van der Waals surface area contributed by atoms with E-state index in [4.69, 9.17) is 0 Å². The van der Waals surface area contributed by atoms with E-state index in [2.05, 4.69) is 34.7 Å². The van der Waals surface area contributed by atoms with Gasteiger partial charge in [0, 0.05) is 43.3 Å². The van der Waals surface area contributed by atoms with E-state index in [-0.39, 0.29) is 11.9 Å². The first-order valence-corrected chi connectivity index (χ1v) is 8.89. The van der Waals surface area contributed by atoms with Gasteiger partial charge in [-0.3, -0.25) is 4.79 Å². The van der Waals surface area contributed by atoms with Gasteiger partial charge in [0.15, 0.2) is 0 Å². The quantitative estimate of drug-likeness (QED) is 0.676. The van der Waals surface area contributed by atoms with E-state index in [1.807, 2.05) is 61.5 Å². The van der Waals surface area contributed by atoms with Crippen molar-refractivity contribution in [1.29, 1.82) is 0 Å². The predicted molar refractivity (Wildman–Crippen MR) is 111 cm³/mol. The Hall–Kier alpha value is -3.34. The topological polar surface area (TPSA) is 57.3 Å². The van der Waals surface area contributed by atoms with Crippen LogP contribution in [-0.4, -0.2) is 25.0 Å². The van der Waals surface area contributed by atoms with E-state index >= 15 is 0 Å². The van der Waals surface area contributed by atoms with Crippen molar-refractivity contribution in [3.05, 3.63) is 84.1 Å². The highest BCUT2D eigenvalue weighted by Crippen LogP contribution is 2.19. The molecular formula is C22H24N4O. The van der Waals surface area contributed by atoms with Crippen molar-refractivity contribution >= 4 is 23.1 Å². The molecular weight excluding hydrogens is 336 g/mol. The molecule has 0 radical (unpaired) electrons. The van der Waals surface area contributed by atoms with Crippen LogP contribution in [0.5, 0.6) is 0 Å². The van der Waals surface area contributed by atoms with Crippen LogP contribution in [0, 0.1) is 0 Å². The highest BCUT2D eigenvalue weighted by molar-refractivity contribution is 6.04. The lowest BCUT2D eigenvalue weighted by atomic mass is 10.1. The number of carbonyl (C=O) groups is 1. The number of hydrogen-bond acceptors (Lipinski definition) is 4. The molecule has 3 rings (SSSR count). The van der Waals surface area contributed by atoms with Crippen molar-refractivity contribution in [1.82, 2.24) is 4.98 Å². The summed E-state index contributed by atoms with van der Waals surface area (Å²) in [7, 11) is 3.96. The first-order valence-electron chi connectivity index (χ1n) is 8.89. The Bertz CT molecular complexity index is 892. The summed E-state index contributed by atoms with van der Waals surface area (Å²) in [4.78, 5) is 18.9. The molecule has 2 N–H and O–H groups in total. The molecule has 0 saturated carbocycles. The minimum Gasteiger partial charge on any atom is -0.378 e. The van der Waals surface area contributed by atoms with Gasteiger partial charge in [-0.2, -0.15) is 0 Å². The number of aromatic nitrogens is 1.